The smallest absolute Gasteiger partial charge is 0.118 e. The SMILES string of the molecule is COc1ccc(-c2ccc(-c3ccc(OC)cc3)c(C)c2)cc1. The lowest BCUT2D eigenvalue weighted by Crippen LogP contribution is -1.87. The molecule has 3 rings (SSSR count). The normalized spacial score (nSPS) is 10.4. The predicted molar refractivity (Wildman–Crippen MR) is 95.2 cm³/mol. The van der Waals surface area contributed by atoms with Gasteiger partial charge >= 0.3 is 0 Å². The number of methoxy groups -OCH3 is 2. The Hall–Kier alpha value is -2.74. The summed E-state index contributed by atoms with van der Waals surface area (Å²) in [5.41, 5.74) is 6.09. The highest BCUT2D eigenvalue weighted by molar-refractivity contribution is 5.74. The summed E-state index contributed by atoms with van der Waals surface area (Å²) in [6.45, 7) is 2.15. The molecule has 0 aliphatic carbocycles. The maximum absolute atomic E-state index is 5.22. The second-order valence-corrected chi connectivity index (χ2v) is 5.49. The molecule has 0 aliphatic heterocycles. The van der Waals surface area contributed by atoms with Crippen LogP contribution in [0.2, 0.25) is 0 Å². The van der Waals surface area contributed by atoms with Gasteiger partial charge in [-0.25, -0.2) is 0 Å². The van der Waals surface area contributed by atoms with Gasteiger partial charge in [-0.2, -0.15) is 0 Å². The van der Waals surface area contributed by atoms with E-state index in [0.29, 0.717) is 0 Å². The molecule has 0 heterocycles. The Balaban J connectivity index is 1.92. The molecule has 0 N–H and O–H groups in total. The van der Waals surface area contributed by atoms with Gasteiger partial charge in [-0.3, -0.25) is 0 Å². The molecule has 0 aliphatic rings. The van der Waals surface area contributed by atoms with Crippen LogP contribution >= 0.6 is 0 Å². The van der Waals surface area contributed by atoms with Crippen molar-refractivity contribution in [1.29, 1.82) is 0 Å². The second-order valence-electron chi connectivity index (χ2n) is 5.49. The summed E-state index contributed by atoms with van der Waals surface area (Å²) in [4.78, 5) is 0. The van der Waals surface area contributed by atoms with Gasteiger partial charge in [0.15, 0.2) is 0 Å². The minimum Gasteiger partial charge on any atom is -0.497 e. The highest BCUT2D eigenvalue weighted by atomic mass is 16.5. The average Bonchev–Trinajstić information content (AvgIpc) is 2.62. The summed E-state index contributed by atoms with van der Waals surface area (Å²) >= 11 is 0. The van der Waals surface area contributed by atoms with E-state index in [1.54, 1.807) is 14.2 Å². The molecule has 0 atom stereocenters. The van der Waals surface area contributed by atoms with Crippen molar-refractivity contribution in [2.75, 3.05) is 14.2 Å². The minimum absolute atomic E-state index is 0.875. The molecule has 0 saturated carbocycles. The van der Waals surface area contributed by atoms with Crippen LogP contribution < -0.4 is 9.47 Å². The average molecular weight is 304 g/mol. The third kappa shape index (κ3) is 3.21. The molecule has 0 spiro atoms. The van der Waals surface area contributed by atoms with Crippen molar-refractivity contribution in [3.8, 4) is 33.8 Å². The molecule has 3 aromatic rings. The number of rotatable bonds is 4. The van der Waals surface area contributed by atoms with Gasteiger partial charge in [-0.1, -0.05) is 42.5 Å². The Morgan fingerprint density at radius 3 is 1.52 bits per heavy atom. The van der Waals surface area contributed by atoms with Gasteiger partial charge in [-0.15, -0.1) is 0 Å². The van der Waals surface area contributed by atoms with E-state index in [0.717, 1.165) is 11.5 Å². The standard InChI is InChI=1S/C21H20O2/c1-15-14-18(16-4-9-19(22-2)10-5-16)8-13-21(15)17-6-11-20(23-3)12-7-17/h4-14H,1-3H3. The summed E-state index contributed by atoms with van der Waals surface area (Å²) in [5, 5.41) is 0. The third-order valence-electron chi connectivity index (χ3n) is 4.05. The summed E-state index contributed by atoms with van der Waals surface area (Å²) in [6, 6.07) is 22.9. The van der Waals surface area contributed by atoms with Crippen molar-refractivity contribution in [3.63, 3.8) is 0 Å². The van der Waals surface area contributed by atoms with Gasteiger partial charge in [0.1, 0.15) is 11.5 Å². The van der Waals surface area contributed by atoms with E-state index in [1.165, 1.54) is 27.8 Å². The van der Waals surface area contributed by atoms with E-state index >= 15 is 0 Å². The number of ether oxygens (including phenoxy) is 2. The van der Waals surface area contributed by atoms with Gasteiger partial charge in [0.2, 0.25) is 0 Å². The van der Waals surface area contributed by atoms with E-state index in [4.69, 9.17) is 9.47 Å². The molecule has 0 radical (unpaired) electrons. The lowest BCUT2D eigenvalue weighted by molar-refractivity contribution is 0.415. The van der Waals surface area contributed by atoms with E-state index in [1.807, 2.05) is 24.3 Å². The van der Waals surface area contributed by atoms with Crippen molar-refractivity contribution in [3.05, 3.63) is 72.3 Å². The van der Waals surface area contributed by atoms with Gasteiger partial charge in [0.05, 0.1) is 14.2 Å². The highest BCUT2D eigenvalue weighted by Crippen LogP contribution is 2.30. The maximum atomic E-state index is 5.22. The summed E-state index contributed by atoms with van der Waals surface area (Å²) in [5.74, 6) is 1.75. The fourth-order valence-electron chi connectivity index (χ4n) is 2.72. The fraction of sp³-hybridized carbons (Fsp3) is 0.143. The number of hydrogen-bond donors (Lipinski definition) is 0. The van der Waals surface area contributed by atoms with Crippen LogP contribution in [0.5, 0.6) is 11.5 Å². The fourth-order valence-corrected chi connectivity index (χ4v) is 2.72. The van der Waals surface area contributed by atoms with Crippen molar-refractivity contribution >= 4 is 0 Å². The van der Waals surface area contributed by atoms with Crippen LogP contribution in [-0.4, -0.2) is 14.2 Å². The zero-order valence-corrected chi connectivity index (χ0v) is 13.7. The van der Waals surface area contributed by atoms with E-state index in [2.05, 4.69) is 49.4 Å². The third-order valence-corrected chi connectivity index (χ3v) is 4.05. The summed E-state index contributed by atoms with van der Waals surface area (Å²) in [7, 11) is 3.37. The van der Waals surface area contributed by atoms with Crippen LogP contribution in [0.25, 0.3) is 22.3 Å². The molecule has 0 aromatic heterocycles. The molecule has 2 nitrogen and oxygen atoms in total. The first-order valence-electron chi connectivity index (χ1n) is 7.61. The Bertz CT molecular complexity index is 787. The zero-order chi connectivity index (χ0) is 16.2. The number of hydrogen-bond acceptors (Lipinski definition) is 2. The number of benzene rings is 3. The number of aryl methyl sites for hydroxylation is 1. The Morgan fingerprint density at radius 2 is 1.04 bits per heavy atom. The molecular formula is C21H20O2. The molecule has 0 bridgehead atoms. The van der Waals surface area contributed by atoms with Crippen molar-refractivity contribution < 1.29 is 9.47 Å². The van der Waals surface area contributed by atoms with E-state index in [-0.39, 0.29) is 0 Å². The lowest BCUT2D eigenvalue weighted by Gasteiger charge is -2.10. The first-order valence-corrected chi connectivity index (χ1v) is 7.61. The molecule has 0 saturated heterocycles. The summed E-state index contributed by atoms with van der Waals surface area (Å²) in [6.07, 6.45) is 0. The van der Waals surface area contributed by atoms with E-state index < -0.39 is 0 Å². The quantitative estimate of drug-likeness (QED) is 0.647. The van der Waals surface area contributed by atoms with Crippen LogP contribution in [0.3, 0.4) is 0 Å². The molecule has 23 heavy (non-hydrogen) atoms. The second kappa shape index (κ2) is 6.57. The molecule has 116 valence electrons. The van der Waals surface area contributed by atoms with Gasteiger partial charge in [0.25, 0.3) is 0 Å². The first-order chi connectivity index (χ1) is 11.2. The molecular weight excluding hydrogens is 284 g/mol. The maximum Gasteiger partial charge on any atom is 0.118 e. The van der Waals surface area contributed by atoms with Crippen LogP contribution in [-0.2, 0) is 0 Å². The van der Waals surface area contributed by atoms with Crippen molar-refractivity contribution in [1.82, 2.24) is 0 Å². The molecule has 0 fully saturated rings. The van der Waals surface area contributed by atoms with Gasteiger partial charge < -0.3 is 9.47 Å². The van der Waals surface area contributed by atoms with Crippen LogP contribution in [0.4, 0.5) is 0 Å². The van der Waals surface area contributed by atoms with Crippen LogP contribution in [0, 0.1) is 6.92 Å². The Kier molecular flexibility index (Phi) is 4.33. The molecule has 0 amide bonds. The largest absolute Gasteiger partial charge is 0.497 e. The summed E-state index contributed by atoms with van der Waals surface area (Å²) < 4.78 is 10.4. The van der Waals surface area contributed by atoms with Crippen LogP contribution in [0.15, 0.2) is 66.7 Å². The lowest BCUT2D eigenvalue weighted by atomic mass is 9.96. The Morgan fingerprint density at radius 1 is 0.565 bits per heavy atom. The van der Waals surface area contributed by atoms with Crippen molar-refractivity contribution in [2.45, 2.75) is 6.92 Å². The van der Waals surface area contributed by atoms with Gasteiger partial charge in [0, 0.05) is 0 Å². The first kappa shape index (κ1) is 15.2. The Labute approximate surface area is 137 Å². The zero-order valence-electron chi connectivity index (χ0n) is 13.7. The highest BCUT2D eigenvalue weighted by Gasteiger charge is 2.05. The minimum atomic E-state index is 0.875. The molecule has 0 unspecified atom stereocenters. The molecule has 3 aromatic carbocycles. The van der Waals surface area contributed by atoms with Gasteiger partial charge in [-0.05, 0) is 59.0 Å². The van der Waals surface area contributed by atoms with E-state index in [9.17, 15) is 0 Å². The monoisotopic (exact) mass is 304 g/mol. The van der Waals surface area contributed by atoms with Crippen molar-refractivity contribution in [2.24, 2.45) is 0 Å². The predicted octanol–water partition coefficient (Wildman–Crippen LogP) is 5.35. The topological polar surface area (TPSA) is 18.5 Å². The van der Waals surface area contributed by atoms with Crippen LogP contribution in [0.1, 0.15) is 5.56 Å². The molecule has 2 heteroatoms.